The lowest BCUT2D eigenvalue weighted by Gasteiger charge is -2.33. The highest BCUT2D eigenvalue weighted by Gasteiger charge is 2.28. The topological polar surface area (TPSA) is 150 Å². The highest BCUT2D eigenvalue weighted by molar-refractivity contribution is 7.89. The number of hydrogen-bond acceptors (Lipinski definition) is 7. The summed E-state index contributed by atoms with van der Waals surface area (Å²) in [5.41, 5.74) is 2.88. The molecule has 12 nitrogen and oxygen atoms in total. The number of nitrogens with one attached hydrogen (secondary N) is 5. The van der Waals surface area contributed by atoms with Crippen LogP contribution in [0, 0.1) is 0 Å². The number of urea groups is 2. The van der Waals surface area contributed by atoms with Gasteiger partial charge in [-0.25, -0.2) is 22.7 Å². The molecule has 2 aromatic rings. The van der Waals surface area contributed by atoms with Gasteiger partial charge in [-0.15, -0.1) is 0 Å². The zero-order valence-corrected chi connectivity index (χ0v) is 28.8. The molecule has 0 bridgehead atoms. The van der Waals surface area contributed by atoms with E-state index in [2.05, 4.69) is 30.9 Å². The quantitative estimate of drug-likeness (QED) is 0.140. The highest BCUT2D eigenvalue weighted by Crippen LogP contribution is 2.38. The van der Waals surface area contributed by atoms with E-state index < -0.39 is 10.0 Å². The van der Waals surface area contributed by atoms with Crippen molar-refractivity contribution in [2.45, 2.75) is 43.5 Å². The van der Waals surface area contributed by atoms with Crippen LogP contribution in [0.15, 0.2) is 41.3 Å². The van der Waals surface area contributed by atoms with Gasteiger partial charge in [0.25, 0.3) is 0 Å². The molecule has 0 fully saturated rings. The van der Waals surface area contributed by atoms with Crippen molar-refractivity contribution < 1.29 is 27.5 Å². The molecule has 3 rings (SSSR count). The van der Waals surface area contributed by atoms with Crippen LogP contribution in [0.4, 0.5) is 9.59 Å². The largest absolute Gasteiger partial charge is 0.378 e. The predicted molar refractivity (Wildman–Crippen MR) is 180 cm³/mol. The normalized spacial score (nSPS) is 14.8. The Balaban J connectivity index is 1.27. The standard InChI is InChI=1S/C31H46Cl2N6O6S/c1-3-9-34-30(40)35-10-4-5-11-36-31(41)37-12-14-44-16-17-45-15-13-38-46(42,43)25-8-6-7-23(18-25)27-21-39(2)22-28-26(27)19-24(32)20-29(28)33/h6-8,18-20,27,38H,3-5,9-17,21-22H2,1-2H3,(H2,34,35,40)(H2,36,37,41). The van der Waals surface area contributed by atoms with Crippen molar-refractivity contribution in [2.24, 2.45) is 0 Å². The highest BCUT2D eigenvalue weighted by atomic mass is 35.5. The van der Waals surface area contributed by atoms with Gasteiger partial charge >= 0.3 is 12.1 Å². The monoisotopic (exact) mass is 700 g/mol. The molecule has 0 saturated heterocycles. The van der Waals surface area contributed by atoms with Crippen molar-refractivity contribution in [3.8, 4) is 0 Å². The van der Waals surface area contributed by atoms with Crippen LogP contribution in [0.1, 0.15) is 48.8 Å². The molecule has 46 heavy (non-hydrogen) atoms. The average Bonchev–Trinajstić information content (AvgIpc) is 3.02. The van der Waals surface area contributed by atoms with Crippen LogP contribution in [-0.2, 0) is 26.0 Å². The van der Waals surface area contributed by atoms with E-state index in [4.69, 9.17) is 32.7 Å². The second kappa shape index (κ2) is 19.9. The second-order valence-electron chi connectivity index (χ2n) is 11.0. The van der Waals surface area contributed by atoms with Crippen LogP contribution in [0.25, 0.3) is 0 Å². The second-order valence-corrected chi connectivity index (χ2v) is 13.6. The van der Waals surface area contributed by atoms with Crippen molar-refractivity contribution in [1.82, 2.24) is 30.9 Å². The number of hydrogen-bond donors (Lipinski definition) is 5. The molecule has 1 atom stereocenters. The first kappa shape index (κ1) is 37.8. The molecule has 0 radical (unpaired) electrons. The first-order valence-corrected chi connectivity index (χ1v) is 17.8. The first-order valence-electron chi connectivity index (χ1n) is 15.6. The summed E-state index contributed by atoms with van der Waals surface area (Å²) >= 11 is 12.8. The summed E-state index contributed by atoms with van der Waals surface area (Å²) in [6.07, 6.45) is 2.40. The van der Waals surface area contributed by atoms with Crippen molar-refractivity contribution in [3.63, 3.8) is 0 Å². The Hall–Kier alpha value is -2.65. The van der Waals surface area contributed by atoms with Gasteiger partial charge < -0.3 is 35.6 Å². The van der Waals surface area contributed by atoms with E-state index in [0.717, 1.165) is 36.0 Å². The van der Waals surface area contributed by atoms with E-state index >= 15 is 0 Å². The van der Waals surface area contributed by atoms with Crippen molar-refractivity contribution in [1.29, 1.82) is 0 Å². The summed E-state index contributed by atoms with van der Waals surface area (Å²) in [7, 11) is -1.75. The molecule has 5 N–H and O–H groups in total. The summed E-state index contributed by atoms with van der Waals surface area (Å²) in [6, 6.07) is 10.1. The molecular formula is C31H46Cl2N6O6S. The number of benzene rings is 2. The minimum atomic E-state index is -3.75. The van der Waals surface area contributed by atoms with Gasteiger partial charge in [-0.05, 0) is 67.3 Å². The number of halogens is 2. The van der Waals surface area contributed by atoms with Gasteiger partial charge in [-0.3, -0.25) is 0 Å². The Morgan fingerprint density at radius 2 is 1.50 bits per heavy atom. The van der Waals surface area contributed by atoms with E-state index in [0.29, 0.717) is 62.5 Å². The molecule has 1 aliphatic heterocycles. The van der Waals surface area contributed by atoms with Crippen molar-refractivity contribution >= 4 is 45.3 Å². The SMILES string of the molecule is CCCNC(=O)NCCCCNC(=O)NCCOCCOCCNS(=O)(=O)c1cccc(C2CN(C)Cc3c(Cl)cc(Cl)cc32)c1. The van der Waals surface area contributed by atoms with Crippen LogP contribution in [0.2, 0.25) is 10.0 Å². The van der Waals surface area contributed by atoms with Gasteiger partial charge in [0.1, 0.15) is 0 Å². The van der Waals surface area contributed by atoms with E-state index in [-0.39, 0.29) is 42.6 Å². The molecular weight excluding hydrogens is 655 g/mol. The Labute approximate surface area is 282 Å². The maximum atomic E-state index is 13.0. The van der Waals surface area contributed by atoms with E-state index in [1.165, 1.54) is 0 Å². The molecule has 1 aliphatic rings. The molecule has 4 amide bonds. The van der Waals surface area contributed by atoms with E-state index in [1.54, 1.807) is 24.3 Å². The third-order valence-corrected chi connectivity index (χ3v) is 9.23. The Kier molecular flexibility index (Phi) is 16.3. The minimum Gasteiger partial charge on any atom is -0.378 e. The molecule has 0 spiro atoms. The van der Waals surface area contributed by atoms with Gasteiger partial charge in [0.15, 0.2) is 0 Å². The number of carbonyl (C=O) groups excluding carboxylic acids is 2. The van der Waals surface area contributed by atoms with Crippen LogP contribution in [-0.4, -0.2) is 98.1 Å². The number of rotatable bonds is 19. The van der Waals surface area contributed by atoms with Crippen LogP contribution < -0.4 is 26.0 Å². The van der Waals surface area contributed by atoms with Gasteiger partial charge in [-0.2, -0.15) is 0 Å². The van der Waals surface area contributed by atoms with Crippen LogP contribution >= 0.6 is 23.2 Å². The summed E-state index contributed by atoms with van der Waals surface area (Å²) in [5, 5.41) is 12.1. The van der Waals surface area contributed by atoms with Gasteiger partial charge in [0.05, 0.1) is 31.3 Å². The molecule has 2 aromatic carbocycles. The Morgan fingerprint density at radius 1 is 0.870 bits per heavy atom. The lowest BCUT2D eigenvalue weighted by molar-refractivity contribution is 0.0516. The first-order chi connectivity index (χ1) is 22.1. The molecule has 256 valence electrons. The molecule has 15 heteroatoms. The third kappa shape index (κ3) is 12.9. The fourth-order valence-corrected chi connectivity index (χ4v) is 6.57. The van der Waals surface area contributed by atoms with Crippen LogP contribution in [0.5, 0.6) is 0 Å². The van der Waals surface area contributed by atoms with E-state index in [9.17, 15) is 18.0 Å². The summed E-state index contributed by atoms with van der Waals surface area (Å²) in [6.45, 7) is 6.64. The summed E-state index contributed by atoms with van der Waals surface area (Å²) in [4.78, 5) is 25.6. The number of nitrogens with zero attached hydrogens (tertiary/aromatic N) is 1. The van der Waals surface area contributed by atoms with Crippen molar-refractivity contribution in [3.05, 3.63) is 63.1 Å². The van der Waals surface area contributed by atoms with Gasteiger partial charge in [0.2, 0.25) is 10.0 Å². The smallest absolute Gasteiger partial charge is 0.314 e. The molecule has 0 saturated carbocycles. The Morgan fingerprint density at radius 3 is 2.17 bits per heavy atom. The Bertz CT molecular complexity index is 1380. The number of unbranched alkanes of at least 4 members (excludes halogenated alkanes) is 1. The molecule has 0 aromatic heterocycles. The number of likely N-dealkylation sites (N-methyl/N-ethyl adjacent to an activating group) is 1. The van der Waals surface area contributed by atoms with Gasteiger partial charge in [0, 0.05) is 61.8 Å². The molecule has 0 aliphatic carbocycles. The number of amides is 4. The number of carbonyl (C=O) groups is 2. The molecule has 1 heterocycles. The number of fused-ring (bicyclic) bond motifs is 1. The van der Waals surface area contributed by atoms with E-state index in [1.807, 2.05) is 26.1 Å². The maximum Gasteiger partial charge on any atom is 0.314 e. The average molecular weight is 702 g/mol. The van der Waals surface area contributed by atoms with Crippen molar-refractivity contribution in [2.75, 3.05) is 72.7 Å². The maximum absolute atomic E-state index is 13.0. The predicted octanol–water partition coefficient (Wildman–Crippen LogP) is 3.67. The fraction of sp³-hybridized carbons (Fsp3) is 0.548. The zero-order chi connectivity index (χ0) is 33.4. The van der Waals surface area contributed by atoms with Crippen LogP contribution in [0.3, 0.4) is 0 Å². The lowest BCUT2D eigenvalue weighted by Crippen LogP contribution is -2.38. The molecule has 1 unspecified atom stereocenters. The number of sulfonamides is 1. The lowest BCUT2D eigenvalue weighted by atomic mass is 9.85. The third-order valence-electron chi connectivity index (χ3n) is 7.22. The van der Waals surface area contributed by atoms with Gasteiger partial charge in [-0.1, -0.05) is 42.3 Å². The zero-order valence-electron chi connectivity index (χ0n) is 26.5. The summed E-state index contributed by atoms with van der Waals surface area (Å²) in [5.74, 6) is -0.0716. The fourth-order valence-electron chi connectivity index (χ4n) is 4.94. The number of ether oxygens (including phenoxy) is 2. The summed E-state index contributed by atoms with van der Waals surface area (Å²) < 4.78 is 39.6. The minimum absolute atomic E-state index is 0.0716.